The molecule has 7 heteroatoms. The number of anilines is 1. The van der Waals surface area contributed by atoms with Gasteiger partial charge in [-0.3, -0.25) is 10.1 Å². The summed E-state index contributed by atoms with van der Waals surface area (Å²) in [6, 6.07) is 10.1. The fourth-order valence-electron chi connectivity index (χ4n) is 2.14. The van der Waals surface area contributed by atoms with Gasteiger partial charge in [0.15, 0.2) is 4.34 Å². The van der Waals surface area contributed by atoms with Gasteiger partial charge < -0.3 is 5.32 Å². The molecule has 2 heterocycles. The van der Waals surface area contributed by atoms with Gasteiger partial charge in [-0.25, -0.2) is 0 Å². The summed E-state index contributed by atoms with van der Waals surface area (Å²) in [5.74, 6) is 0.844. The molecule has 1 aromatic carbocycles. The first-order valence-electron chi connectivity index (χ1n) is 6.86. The molecule has 1 aliphatic rings. The Labute approximate surface area is 131 Å². The predicted octanol–water partition coefficient (Wildman–Crippen LogP) is 2.52. The molecule has 0 aliphatic carbocycles. The normalized spacial score (nSPS) is 17.8. The molecule has 1 unspecified atom stereocenters. The molecule has 1 aliphatic heterocycles. The molecule has 21 heavy (non-hydrogen) atoms. The van der Waals surface area contributed by atoms with E-state index in [1.165, 1.54) is 16.9 Å². The van der Waals surface area contributed by atoms with Gasteiger partial charge in [0, 0.05) is 5.75 Å². The molecule has 1 aromatic heterocycles. The van der Waals surface area contributed by atoms with Crippen LogP contribution in [0.2, 0.25) is 0 Å². The Morgan fingerprint density at radius 1 is 1.38 bits per heavy atom. The lowest BCUT2D eigenvalue weighted by molar-refractivity contribution is -0.117. The van der Waals surface area contributed by atoms with Crippen molar-refractivity contribution in [3.63, 3.8) is 0 Å². The summed E-state index contributed by atoms with van der Waals surface area (Å²) in [6.07, 6.45) is 1.94. The van der Waals surface area contributed by atoms with Crippen LogP contribution < -0.4 is 10.6 Å². The lowest BCUT2D eigenvalue weighted by Crippen LogP contribution is -2.35. The van der Waals surface area contributed by atoms with Crippen molar-refractivity contribution in [2.24, 2.45) is 0 Å². The van der Waals surface area contributed by atoms with Gasteiger partial charge >= 0.3 is 0 Å². The Kier molecular flexibility index (Phi) is 4.84. The van der Waals surface area contributed by atoms with E-state index in [1.54, 1.807) is 11.8 Å². The van der Waals surface area contributed by atoms with Gasteiger partial charge in [0.1, 0.15) is 0 Å². The minimum Gasteiger partial charge on any atom is -0.306 e. The molecule has 0 bridgehead atoms. The smallest absolute Gasteiger partial charge is 0.243 e. The van der Waals surface area contributed by atoms with E-state index >= 15 is 0 Å². The van der Waals surface area contributed by atoms with Crippen LogP contribution in [0.1, 0.15) is 18.4 Å². The van der Waals surface area contributed by atoms with E-state index in [0.717, 1.165) is 29.5 Å². The Morgan fingerprint density at radius 2 is 2.24 bits per heavy atom. The molecular weight excluding hydrogens is 304 g/mol. The van der Waals surface area contributed by atoms with E-state index in [4.69, 9.17) is 0 Å². The van der Waals surface area contributed by atoms with Gasteiger partial charge in [0.2, 0.25) is 11.0 Å². The summed E-state index contributed by atoms with van der Waals surface area (Å²) >= 11 is 3.05. The van der Waals surface area contributed by atoms with Crippen molar-refractivity contribution in [3.8, 4) is 0 Å². The van der Waals surface area contributed by atoms with E-state index < -0.39 is 0 Å². The number of hydrogen-bond donors (Lipinski definition) is 2. The van der Waals surface area contributed by atoms with Crippen molar-refractivity contribution in [2.45, 2.75) is 29.0 Å². The average molecular weight is 320 g/mol. The molecule has 1 atom stereocenters. The van der Waals surface area contributed by atoms with Gasteiger partial charge in [-0.15, -0.1) is 10.2 Å². The number of aromatic nitrogens is 2. The zero-order chi connectivity index (χ0) is 14.5. The summed E-state index contributed by atoms with van der Waals surface area (Å²) in [7, 11) is 0. The zero-order valence-corrected chi connectivity index (χ0v) is 13.0. The SMILES string of the molecule is O=C(Nc1nnc(SCc2ccccc2)s1)C1CCCN1. The molecule has 0 spiro atoms. The number of carbonyl (C=O) groups excluding carboxylic acids is 1. The second-order valence-electron chi connectivity index (χ2n) is 4.79. The van der Waals surface area contributed by atoms with Crippen LogP contribution in [0, 0.1) is 0 Å². The van der Waals surface area contributed by atoms with Crippen molar-refractivity contribution < 1.29 is 4.79 Å². The van der Waals surface area contributed by atoms with E-state index in [9.17, 15) is 4.79 Å². The molecule has 2 N–H and O–H groups in total. The molecule has 0 radical (unpaired) electrons. The lowest BCUT2D eigenvalue weighted by atomic mass is 10.2. The molecule has 1 amide bonds. The minimum atomic E-state index is -0.0886. The van der Waals surface area contributed by atoms with Crippen LogP contribution in [0.4, 0.5) is 5.13 Å². The molecule has 110 valence electrons. The van der Waals surface area contributed by atoms with Crippen molar-refractivity contribution in [3.05, 3.63) is 35.9 Å². The third-order valence-corrected chi connectivity index (χ3v) is 5.26. The van der Waals surface area contributed by atoms with Gasteiger partial charge in [-0.05, 0) is 24.9 Å². The Morgan fingerprint density at radius 3 is 3.00 bits per heavy atom. The summed E-state index contributed by atoms with van der Waals surface area (Å²) in [6.45, 7) is 0.909. The van der Waals surface area contributed by atoms with E-state index in [0.29, 0.717) is 5.13 Å². The fraction of sp³-hybridized carbons (Fsp3) is 0.357. The average Bonchev–Trinajstić information content (AvgIpc) is 3.18. The number of carbonyl (C=O) groups is 1. The summed E-state index contributed by atoms with van der Waals surface area (Å²) < 4.78 is 0.869. The number of rotatable bonds is 5. The van der Waals surface area contributed by atoms with Crippen LogP contribution in [0.25, 0.3) is 0 Å². The highest BCUT2D eigenvalue weighted by Crippen LogP contribution is 2.28. The van der Waals surface area contributed by atoms with Crippen molar-refractivity contribution in [2.75, 3.05) is 11.9 Å². The minimum absolute atomic E-state index is 0.0109. The van der Waals surface area contributed by atoms with Crippen LogP contribution in [-0.4, -0.2) is 28.7 Å². The number of thioether (sulfide) groups is 1. The van der Waals surface area contributed by atoms with Crippen molar-refractivity contribution in [1.29, 1.82) is 0 Å². The van der Waals surface area contributed by atoms with Gasteiger partial charge in [-0.1, -0.05) is 53.4 Å². The molecule has 0 saturated carbocycles. The van der Waals surface area contributed by atoms with Crippen LogP contribution in [0.5, 0.6) is 0 Å². The number of hydrogen-bond acceptors (Lipinski definition) is 6. The second kappa shape index (κ2) is 7.02. The van der Waals surface area contributed by atoms with E-state index in [1.807, 2.05) is 18.2 Å². The van der Waals surface area contributed by atoms with Crippen molar-refractivity contribution >= 4 is 34.1 Å². The maximum Gasteiger partial charge on any atom is 0.243 e. The lowest BCUT2D eigenvalue weighted by Gasteiger charge is -2.07. The predicted molar refractivity (Wildman–Crippen MR) is 85.6 cm³/mol. The highest BCUT2D eigenvalue weighted by molar-refractivity contribution is 8.00. The Bertz CT molecular complexity index is 596. The standard InChI is InChI=1S/C14H16N4OS2/c19-12(11-7-4-8-15-11)16-13-17-18-14(21-13)20-9-10-5-2-1-3-6-10/h1-3,5-6,11,15H,4,7-9H2,(H,16,17,19). The number of nitrogens with zero attached hydrogens (tertiary/aromatic N) is 2. The second-order valence-corrected chi connectivity index (χ2v) is 6.99. The summed E-state index contributed by atoms with van der Waals surface area (Å²) in [5.41, 5.74) is 1.25. The van der Waals surface area contributed by atoms with E-state index in [-0.39, 0.29) is 11.9 Å². The largest absolute Gasteiger partial charge is 0.306 e. The molecule has 1 fully saturated rings. The molecular formula is C14H16N4OS2. The fourth-order valence-corrected chi connectivity index (χ4v) is 3.85. The monoisotopic (exact) mass is 320 g/mol. The zero-order valence-electron chi connectivity index (χ0n) is 11.4. The van der Waals surface area contributed by atoms with Gasteiger partial charge in [-0.2, -0.15) is 0 Å². The first kappa shape index (κ1) is 14.5. The van der Waals surface area contributed by atoms with Crippen LogP contribution in [0.3, 0.4) is 0 Å². The quantitative estimate of drug-likeness (QED) is 0.654. The molecule has 2 aromatic rings. The third kappa shape index (κ3) is 4.03. The summed E-state index contributed by atoms with van der Waals surface area (Å²) in [4.78, 5) is 12.0. The van der Waals surface area contributed by atoms with Crippen LogP contribution in [-0.2, 0) is 10.5 Å². The Hall–Kier alpha value is -1.44. The maximum atomic E-state index is 12.0. The highest BCUT2D eigenvalue weighted by atomic mass is 32.2. The summed E-state index contributed by atoms with van der Waals surface area (Å²) in [5, 5.41) is 14.7. The van der Waals surface area contributed by atoms with Crippen LogP contribution >= 0.6 is 23.1 Å². The first-order valence-corrected chi connectivity index (χ1v) is 8.66. The number of nitrogens with one attached hydrogen (secondary N) is 2. The number of benzene rings is 1. The third-order valence-electron chi connectivity index (χ3n) is 3.22. The first-order chi connectivity index (χ1) is 10.3. The van der Waals surface area contributed by atoms with Gasteiger partial charge in [0.25, 0.3) is 0 Å². The topological polar surface area (TPSA) is 66.9 Å². The van der Waals surface area contributed by atoms with E-state index in [2.05, 4.69) is 33.0 Å². The molecule has 3 rings (SSSR count). The maximum absolute atomic E-state index is 12.0. The Balaban J connectivity index is 1.52. The van der Waals surface area contributed by atoms with Crippen LogP contribution in [0.15, 0.2) is 34.7 Å². The van der Waals surface area contributed by atoms with Gasteiger partial charge in [0.05, 0.1) is 6.04 Å². The van der Waals surface area contributed by atoms with Crippen molar-refractivity contribution in [1.82, 2.24) is 15.5 Å². The number of amides is 1. The molecule has 5 nitrogen and oxygen atoms in total. The molecule has 1 saturated heterocycles. The highest BCUT2D eigenvalue weighted by Gasteiger charge is 2.22.